The van der Waals surface area contributed by atoms with Crippen LogP contribution in [-0.2, 0) is 6.61 Å². The lowest BCUT2D eigenvalue weighted by molar-refractivity contribution is 0.292. The smallest absolute Gasteiger partial charge is 0.214 e. The molecule has 0 fully saturated rings. The number of rotatable bonds is 4. The van der Waals surface area contributed by atoms with E-state index in [1.807, 2.05) is 42.5 Å². The lowest BCUT2D eigenvalue weighted by Gasteiger charge is -2.06. The zero-order valence-electron chi connectivity index (χ0n) is 9.39. The summed E-state index contributed by atoms with van der Waals surface area (Å²) in [6.07, 6.45) is 0. The van der Waals surface area contributed by atoms with Crippen molar-refractivity contribution in [3.8, 4) is 11.6 Å². The molecule has 2 rings (SSSR count). The van der Waals surface area contributed by atoms with Gasteiger partial charge in [-0.3, -0.25) is 0 Å². The van der Waals surface area contributed by atoms with Gasteiger partial charge in [-0.15, -0.1) is 0 Å². The quantitative estimate of drug-likeness (QED) is 0.810. The number of benzene rings is 1. The van der Waals surface area contributed by atoms with Crippen molar-refractivity contribution >= 4 is 15.9 Å². The standard InChI is InChI=1S/C13H12BrNO2/c1-16-11-5-2-4-10(8-11)9-17-13-7-3-6-12(14)15-13/h2-8H,9H2,1H3. The lowest BCUT2D eigenvalue weighted by atomic mass is 10.2. The van der Waals surface area contributed by atoms with Gasteiger partial charge in [0.25, 0.3) is 0 Å². The van der Waals surface area contributed by atoms with E-state index in [1.165, 1.54) is 0 Å². The van der Waals surface area contributed by atoms with Gasteiger partial charge in [-0.2, -0.15) is 0 Å². The topological polar surface area (TPSA) is 31.4 Å². The fraction of sp³-hybridized carbons (Fsp3) is 0.154. The first-order chi connectivity index (χ1) is 8.28. The Hall–Kier alpha value is -1.55. The Morgan fingerprint density at radius 3 is 2.76 bits per heavy atom. The predicted molar refractivity (Wildman–Crippen MR) is 69.3 cm³/mol. The largest absolute Gasteiger partial charge is 0.497 e. The number of methoxy groups -OCH3 is 1. The maximum atomic E-state index is 5.58. The molecule has 0 saturated carbocycles. The van der Waals surface area contributed by atoms with Crippen LogP contribution in [0.4, 0.5) is 0 Å². The maximum absolute atomic E-state index is 5.58. The van der Waals surface area contributed by atoms with Crippen molar-refractivity contribution in [2.75, 3.05) is 7.11 Å². The first kappa shape index (κ1) is 11.9. The average molecular weight is 294 g/mol. The van der Waals surface area contributed by atoms with Gasteiger partial charge in [0.05, 0.1) is 7.11 Å². The van der Waals surface area contributed by atoms with E-state index in [9.17, 15) is 0 Å². The lowest BCUT2D eigenvalue weighted by Crippen LogP contribution is -1.97. The van der Waals surface area contributed by atoms with Crippen LogP contribution in [0.3, 0.4) is 0 Å². The van der Waals surface area contributed by atoms with Gasteiger partial charge in [-0.1, -0.05) is 18.2 Å². The van der Waals surface area contributed by atoms with Gasteiger partial charge in [-0.05, 0) is 39.7 Å². The molecule has 0 N–H and O–H groups in total. The molecule has 0 radical (unpaired) electrons. The van der Waals surface area contributed by atoms with Crippen LogP contribution in [0.25, 0.3) is 0 Å². The minimum atomic E-state index is 0.473. The molecule has 1 heterocycles. The number of pyridine rings is 1. The van der Waals surface area contributed by atoms with Gasteiger partial charge in [-0.25, -0.2) is 4.98 Å². The predicted octanol–water partition coefficient (Wildman–Crippen LogP) is 3.43. The van der Waals surface area contributed by atoms with Crippen molar-refractivity contribution < 1.29 is 9.47 Å². The van der Waals surface area contributed by atoms with Crippen LogP contribution in [0.1, 0.15) is 5.56 Å². The van der Waals surface area contributed by atoms with E-state index in [1.54, 1.807) is 7.11 Å². The first-order valence-electron chi connectivity index (χ1n) is 5.16. The Bertz CT molecular complexity index is 502. The number of aromatic nitrogens is 1. The van der Waals surface area contributed by atoms with Crippen LogP contribution < -0.4 is 9.47 Å². The van der Waals surface area contributed by atoms with Crippen molar-refractivity contribution in [2.45, 2.75) is 6.61 Å². The molecule has 0 bridgehead atoms. The summed E-state index contributed by atoms with van der Waals surface area (Å²) >= 11 is 3.30. The molecule has 0 atom stereocenters. The molecule has 2 aromatic rings. The Kier molecular flexibility index (Phi) is 3.98. The maximum Gasteiger partial charge on any atom is 0.214 e. The molecule has 0 aliphatic rings. The van der Waals surface area contributed by atoms with Gasteiger partial charge >= 0.3 is 0 Å². The highest BCUT2D eigenvalue weighted by atomic mass is 79.9. The number of ether oxygens (including phenoxy) is 2. The fourth-order valence-electron chi connectivity index (χ4n) is 1.39. The molecule has 3 nitrogen and oxygen atoms in total. The third kappa shape index (κ3) is 3.46. The van der Waals surface area contributed by atoms with Crippen LogP contribution in [0.5, 0.6) is 11.6 Å². The Morgan fingerprint density at radius 1 is 1.18 bits per heavy atom. The molecule has 0 saturated heterocycles. The third-order valence-corrected chi connectivity index (χ3v) is 2.65. The molecule has 1 aromatic heterocycles. The zero-order chi connectivity index (χ0) is 12.1. The molecule has 0 aliphatic heterocycles. The van der Waals surface area contributed by atoms with Crippen LogP contribution in [0.2, 0.25) is 0 Å². The molecule has 0 amide bonds. The number of halogens is 1. The van der Waals surface area contributed by atoms with Crippen LogP contribution in [0.15, 0.2) is 47.1 Å². The van der Waals surface area contributed by atoms with E-state index in [-0.39, 0.29) is 0 Å². The SMILES string of the molecule is COc1cccc(COc2cccc(Br)n2)c1. The highest BCUT2D eigenvalue weighted by Crippen LogP contribution is 2.16. The normalized spacial score (nSPS) is 10.0. The van der Waals surface area contributed by atoms with E-state index >= 15 is 0 Å². The molecule has 0 aliphatic carbocycles. The molecular weight excluding hydrogens is 282 g/mol. The summed E-state index contributed by atoms with van der Waals surface area (Å²) in [6.45, 7) is 0.473. The second-order valence-electron chi connectivity index (χ2n) is 3.44. The fourth-order valence-corrected chi connectivity index (χ4v) is 1.72. The highest BCUT2D eigenvalue weighted by Gasteiger charge is 1.99. The van der Waals surface area contributed by atoms with Crippen molar-refractivity contribution in [1.29, 1.82) is 0 Å². The summed E-state index contributed by atoms with van der Waals surface area (Å²) in [5.41, 5.74) is 1.05. The second-order valence-corrected chi connectivity index (χ2v) is 4.25. The second kappa shape index (κ2) is 5.68. The van der Waals surface area contributed by atoms with Gasteiger partial charge in [0.2, 0.25) is 5.88 Å². The van der Waals surface area contributed by atoms with Crippen molar-refractivity contribution in [2.24, 2.45) is 0 Å². The minimum absolute atomic E-state index is 0.473. The van der Waals surface area contributed by atoms with Crippen LogP contribution in [-0.4, -0.2) is 12.1 Å². The zero-order valence-corrected chi connectivity index (χ0v) is 11.0. The monoisotopic (exact) mass is 293 g/mol. The van der Waals surface area contributed by atoms with E-state index < -0.39 is 0 Å². The van der Waals surface area contributed by atoms with Gasteiger partial charge in [0.1, 0.15) is 17.0 Å². The molecule has 0 unspecified atom stereocenters. The van der Waals surface area contributed by atoms with Crippen molar-refractivity contribution in [1.82, 2.24) is 4.98 Å². The number of hydrogen-bond donors (Lipinski definition) is 0. The van der Waals surface area contributed by atoms with Crippen LogP contribution in [0, 0.1) is 0 Å². The van der Waals surface area contributed by atoms with Gasteiger partial charge in [0.15, 0.2) is 0 Å². The third-order valence-electron chi connectivity index (χ3n) is 2.21. The van der Waals surface area contributed by atoms with Gasteiger partial charge < -0.3 is 9.47 Å². The summed E-state index contributed by atoms with van der Waals surface area (Å²) in [5.74, 6) is 1.43. The Morgan fingerprint density at radius 2 is 2.00 bits per heavy atom. The molecule has 1 aromatic carbocycles. The molecule has 4 heteroatoms. The van der Waals surface area contributed by atoms with Crippen molar-refractivity contribution in [3.63, 3.8) is 0 Å². The summed E-state index contributed by atoms with van der Waals surface area (Å²) in [7, 11) is 1.65. The summed E-state index contributed by atoms with van der Waals surface area (Å²) in [6, 6.07) is 13.3. The number of hydrogen-bond acceptors (Lipinski definition) is 3. The highest BCUT2D eigenvalue weighted by molar-refractivity contribution is 9.10. The average Bonchev–Trinajstić information content (AvgIpc) is 2.37. The van der Waals surface area contributed by atoms with E-state index in [0.29, 0.717) is 12.5 Å². The molecule has 0 spiro atoms. The van der Waals surface area contributed by atoms with Crippen LogP contribution >= 0.6 is 15.9 Å². The van der Waals surface area contributed by atoms with Gasteiger partial charge in [0, 0.05) is 6.07 Å². The Labute approximate surface area is 109 Å². The van der Waals surface area contributed by atoms with E-state index in [2.05, 4.69) is 20.9 Å². The molecular formula is C13H12BrNO2. The Balaban J connectivity index is 2.02. The van der Waals surface area contributed by atoms with Crippen molar-refractivity contribution in [3.05, 3.63) is 52.6 Å². The summed E-state index contributed by atoms with van der Waals surface area (Å²) < 4.78 is 11.5. The first-order valence-corrected chi connectivity index (χ1v) is 5.95. The molecule has 17 heavy (non-hydrogen) atoms. The van der Waals surface area contributed by atoms with E-state index in [4.69, 9.17) is 9.47 Å². The number of nitrogens with zero attached hydrogens (tertiary/aromatic N) is 1. The van der Waals surface area contributed by atoms with E-state index in [0.717, 1.165) is 15.9 Å². The minimum Gasteiger partial charge on any atom is -0.497 e. The molecule has 88 valence electrons. The summed E-state index contributed by atoms with van der Waals surface area (Å²) in [5, 5.41) is 0. The summed E-state index contributed by atoms with van der Waals surface area (Å²) in [4.78, 5) is 4.19.